The molecule has 0 saturated carbocycles. The minimum atomic E-state index is -0.0583. The number of hydrogen-bond acceptors (Lipinski definition) is 3. The van der Waals surface area contributed by atoms with E-state index in [1.807, 2.05) is 72.8 Å². The van der Waals surface area contributed by atoms with Crippen LogP contribution < -0.4 is 15.0 Å². The van der Waals surface area contributed by atoms with Crippen molar-refractivity contribution in [3.63, 3.8) is 0 Å². The van der Waals surface area contributed by atoms with Crippen molar-refractivity contribution >= 4 is 5.91 Å². The van der Waals surface area contributed by atoms with E-state index in [0.29, 0.717) is 12.2 Å². The zero-order chi connectivity index (χ0) is 21.3. The van der Waals surface area contributed by atoms with E-state index < -0.39 is 0 Å². The third-order valence-electron chi connectivity index (χ3n) is 5.56. The van der Waals surface area contributed by atoms with Crippen LogP contribution in [0.2, 0.25) is 0 Å². The molecule has 0 radical (unpaired) electrons. The van der Waals surface area contributed by atoms with E-state index >= 15 is 0 Å². The molecule has 3 aromatic carbocycles. The predicted octanol–water partition coefficient (Wildman–Crippen LogP) is 2.65. The standard InChI is InChI=1S/C26H28N2O3/c29-26(23-13-11-21(12-14-23)20-31-24-9-5-2-6-10-24)27-25(22-7-3-1-4-8-22)19-28-15-17-30-18-16-28/h1-14,25H,15-20H2,(H,27,29)/p+1/t25-/m0/s1. The molecule has 0 bridgehead atoms. The Hall–Kier alpha value is -3.15. The van der Waals surface area contributed by atoms with Gasteiger partial charge in [-0.05, 0) is 35.4 Å². The summed E-state index contributed by atoms with van der Waals surface area (Å²) in [6, 6.07) is 27.5. The van der Waals surface area contributed by atoms with E-state index in [0.717, 1.165) is 49.7 Å². The highest BCUT2D eigenvalue weighted by Crippen LogP contribution is 2.15. The zero-order valence-corrected chi connectivity index (χ0v) is 17.6. The summed E-state index contributed by atoms with van der Waals surface area (Å²) in [6.07, 6.45) is 0. The summed E-state index contributed by atoms with van der Waals surface area (Å²) in [5.74, 6) is 0.776. The highest BCUT2D eigenvalue weighted by molar-refractivity contribution is 5.94. The lowest BCUT2D eigenvalue weighted by Crippen LogP contribution is -3.14. The third kappa shape index (κ3) is 6.17. The lowest BCUT2D eigenvalue weighted by atomic mass is 10.0. The molecule has 1 saturated heterocycles. The van der Waals surface area contributed by atoms with Crippen LogP contribution in [-0.2, 0) is 11.3 Å². The highest BCUT2D eigenvalue weighted by atomic mass is 16.5. The molecule has 31 heavy (non-hydrogen) atoms. The maximum Gasteiger partial charge on any atom is 0.251 e. The summed E-state index contributed by atoms with van der Waals surface area (Å²) >= 11 is 0. The Labute approximate surface area is 183 Å². The lowest BCUT2D eigenvalue weighted by Gasteiger charge is -2.28. The van der Waals surface area contributed by atoms with Crippen LogP contribution in [0.5, 0.6) is 5.75 Å². The molecule has 4 rings (SSSR count). The molecule has 0 aliphatic carbocycles. The van der Waals surface area contributed by atoms with Gasteiger partial charge in [0.25, 0.3) is 5.91 Å². The average Bonchev–Trinajstić information content (AvgIpc) is 2.84. The van der Waals surface area contributed by atoms with E-state index in [2.05, 4.69) is 17.4 Å². The summed E-state index contributed by atoms with van der Waals surface area (Å²) in [6.45, 7) is 4.81. The van der Waals surface area contributed by atoms with Crippen LogP contribution >= 0.6 is 0 Å². The van der Waals surface area contributed by atoms with Gasteiger partial charge in [-0.1, -0.05) is 60.7 Å². The number of nitrogens with one attached hydrogen (secondary N) is 2. The van der Waals surface area contributed by atoms with Gasteiger partial charge in [-0.2, -0.15) is 0 Å². The first-order valence-electron chi connectivity index (χ1n) is 10.8. The first kappa shape index (κ1) is 21.1. The molecule has 160 valence electrons. The number of para-hydroxylation sites is 1. The number of ether oxygens (including phenoxy) is 2. The van der Waals surface area contributed by atoms with Crippen LogP contribution in [-0.4, -0.2) is 38.8 Å². The van der Waals surface area contributed by atoms with Gasteiger partial charge in [-0.15, -0.1) is 0 Å². The lowest BCUT2D eigenvalue weighted by molar-refractivity contribution is -0.909. The molecule has 1 aliphatic rings. The molecule has 1 fully saturated rings. The first-order chi connectivity index (χ1) is 15.3. The monoisotopic (exact) mass is 417 g/mol. The normalized spacial score (nSPS) is 15.2. The Morgan fingerprint density at radius 2 is 1.55 bits per heavy atom. The number of morpholine rings is 1. The van der Waals surface area contributed by atoms with Crippen molar-refractivity contribution in [2.24, 2.45) is 0 Å². The van der Waals surface area contributed by atoms with E-state index in [-0.39, 0.29) is 11.9 Å². The predicted molar refractivity (Wildman–Crippen MR) is 120 cm³/mol. The highest BCUT2D eigenvalue weighted by Gasteiger charge is 2.23. The number of benzene rings is 3. The summed E-state index contributed by atoms with van der Waals surface area (Å²) in [5, 5.41) is 3.24. The number of carbonyl (C=O) groups is 1. The fourth-order valence-corrected chi connectivity index (χ4v) is 3.77. The quantitative estimate of drug-likeness (QED) is 0.593. The van der Waals surface area contributed by atoms with E-state index in [4.69, 9.17) is 9.47 Å². The molecule has 2 N–H and O–H groups in total. The molecule has 5 heteroatoms. The molecule has 1 amide bonds. The Balaban J connectivity index is 1.39. The van der Waals surface area contributed by atoms with Crippen molar-refractivity contribution in [2.75, 3.05) is 32.8 Å². The topological polar surface area (TPSA) is 52.0 Å². The van der Waals surface area contributed by atoms with E-state index in [1.54, 1.807) is 0 Å². The minimum absolute atomic E-state index is 0.0390. The molecule has 0 spiro atoms. The van der Waals surface area contributed by atoms with Gasteiger partial charge in [0.1, 0.15) is 38.0 Å². The van der Waals surface area contributed by atoms with Crippen LogP contribution in [0.25, 0.3) is 0 Å². The smallest absolute Gasteiger partial charge is 0.251 e. The second-order valence-corrected chi connectivity index (χ2v) is 7.80. The number of rotatable bonds is 8. The van der Waals surface area contributed by atoms with Crippen molar-refractivity contribution in [3.05, 3.63) is 102 Å². The van der Waals surface area contributed by atoms with Crippen LogP contribution in [0.1, 0.15) is 27.5 Å². The molecule has 1 heterocycles. The van der Waals surface area contributed by atoms with Crippen molar-refractivity contribution in [1.29, 1.82) is 0 Å². The Morgan fingerprint density at radius 3 is 2.23 bits per heavy atom. The molecule has 0 aromatic heterocycles. The van der Waals surface area contributed by atoms with Crippen LogP contribution in [0, 0.1) is 0 Å². The van der Waals surface area contributed by atoms with Gasteiger partial charge in [0.2, 0.25) is 0 Å². The van der Waals surface area contributed by atoms with E-state index in [9.17, 15) is 4.79 Å². The Kier molecular flexibility index (Phi) is 7.32. The molecular weight excluding hydrogens is 388 g/mol. The number of amides is 1. The summed E-state index contributed by atoms with van der Waals surface area (Å²) in [4.78, 5) is 14.4. The molecule has 5 nitrogen and oxygen atoms in total. The van der Waals surface area contributed by atoms with Crippen molar-refractivity contribution in [1.82, 2.24) is 5.32 Å². The Bertz CT molecular complexity index is 939. The van der Waals surface area contributed by atoms with Crippen molar-refractivity contribution in [3.8, 4) is 5.75 Å². The molecule has 0 unspecified atom stereocenters. The van der Waals surface area contributed by atoms with E-state index in [1.165, 1.54) is 4.90 Å². The van der Waals surface area contributed by atoms with Crippen LogP contribution in [0.3, 0.4) is 0 Å². The third-order valence-corrected chi connectivity index (χ3v) is 5.56. The van der Waals surface area contributed by atoms with Crippen molar-refractivity contribution < 1.29 is 19.2 Å². The van der Waals surface area contributed by atoms with Crippen LogP contribution in [0.15, 0.2) is 84.9 Å². The summed E-state index contributed by atoms with van der Waals surface area (Å²) in [5.41, 5.74) is 2.81. The van der Waals surface area contributed by atoms with Gasteiger partial charge in [0.15, 0.2) is 0 Å². The maximum atomic E-state index is 13.0. The number of hydrogen-bond donors (Lipinski definition) is 2. The second-order valence-electron chi connectivity index (χ2n) is 7.80. The second kappa shape index (κ2) is 10.8. The molecule has 1 aliphatic heterocycles. The fourth-order valence-electron chi connectivity index (χ4n) is 3.77. The first-order valence-corrected chi connectivity index (χ1v) is 10.8. The number of quaternary nitrogens is 1. The molecular formula is C26H29N2O3+. The SMILES string of the molecule is O=C(N[C@@H](C[NH+]1CCOCC1)c1ccccc1)c1ccc(COc2ccccc2)cc1. The summed E-state index contributed by atoms with van der Waals surface area (Å²) in [7, 11) is 0. The van der Waals surface area contributed by atoms with Gasteiger partial charge in [0.05, 0.1) is 13.2 Å². The zero-order valence-electron chi connectivity index (χ0n) is 17.6. The largest absolute Gasteiger partial charge is 0.489 e. The molecule has 3 aromatic rings. The van der Waals surface area contributed by atoms with Gasteiger partial charge in [-0.3, -0.25) is 4.79 Å². The van der Waals surface area contributed by atoms with Crippen LogP contribution in [0.4, 0.5) is 0 Å². The molecule has 1 atom stereocenters. The van der Waals surface area contributed by atoms with Gasteiger partial charge in [0, 0.05) is 5.56 Å². The van der Waals surface area contributed by atoms with Gasteiger partial charge >= 0.3 is 0 Å². The van der Waals surface area contributed by atoms with Gasteiger partial charge in [-0.25, -0.2) is 0 Å². The fraction of sp³-hybridized carbons (Fsp3) is 0.269. The minimum Gasteiger partial charge on any atom is -0.489 e. The van der Waals surface area contributed by atoms with Gasteiger partial charge < -0.3 is 19.7 Å². The Morgan fingerprint density at radius 1 is 0.903 bits per heavy atom. The maximum absolute atomic E-state index is 13.0. The summed E-state index contributed by atoms with van der Waals surface area (Å²) < 4.78 is 11.3. The van der Waals surface area contributed by atoms with Crippen molar-refractivity contribution in [2.45, 2.75) is 12.6 Å². The average molecular weight is 418 g/mol. The number of carbonyl (C=O) groups excluding carboxylic acids is 1.